The second kappa shape index (κ2) is 6.63. The number of carbonyl (C=O) groups is 1. The number of alkyl halides is 1. The minimum absolute atomic E-state index is 0.0747. The zero-order chi connectivity index (χ0) is 12.0. The number of aromatic nitrogens is 1. The van der Waals surface area contributed by atoms with Gasteiger partial charge in [0.25, 0.3) is 0 Å². The summed E-state index contributed by atoms with van der Waals surface area (Å²) in [5.41, 5.74) is 1.11. The van der Waals surface area contributed by atoms with Crippen LogP contribution in [0.25, 0.3) is 0 Å². The van der Waals surface area contributed by atoms with E-state index < -0.39 is 0 Å². The first-order valence-electron chi connectivity index (χ1n) is 5.50. The molecule has 1 aromatic rings. The monoisotopic (exact) mass is 284 g/mol. The normalized spacial score (nSPS) is 12.2. The molecule has 3 nitrogen and oxygen atoms in total. The van der Waals surface area contributed by atoms with Crippen LogP contribution in [0, 0.1) is 0 Å². The van der Waals surface area contributed by atoms with E-state index in [0.717, 1.165) is 18.5 Å². The minimum atomic E-state index is -0.0747. The Balaban J connectivity index is 2.66. The summed E-state index contributed by atoms with van der Waals surface area (Å²) in [4.78, 5) is 17.7. The third-order valence-corrected chi connectivity index (χ3v) is 3.48. The van der Waals surface area contributed by atoms with Gasteiger partial charge in [-0.2, -0.15) is 0 Å². The van der Waals surface area contributed by atoms with E-state index in [1.165, 1.54) is 0 Å². The summed E-state index contributed by atoms with van der Waals surface area (Å²) >= 11 is 3.39. The van der Waals surface area contributed by atoms with E-state index in [4.69, 9.17) is 0 Å². The molecule has 0 N–H and O–H groups in total. The van der Waals surface area contributed by atoms with Crippen molar-refractivity contribution in [1.82, 2.24) is 9.88 Å². The molecule has 16 heavy (non-hydrogen) atoms. The zero-order valence-corrected chi connectivity index (χ0v) is 11.3. The number of halogens is 1. The number of amides is 1. The third kappa shape index (κ3) is 3.59. The molecule has 0 aliphatic rings. The van der Waals surface area contributed by atoms with Crippen LogP contribution in [0.2, 0.25) is 0 Å². The highest BCUT2D eigenvalue weighted by molar-refractivity contribution is 9.10. The van der Waals surface area contributed by atoms with Crippen molar-refractivity contribution >= 4 is 21.8 Å². The van der Waals surface area contributed by atoms with E-state index in [2.05, 4.69) is 20.9 Å². The number of nitrogens with zero attached hydrogens (tertiary/aromatic N) is 2. The quantitative estimate of drug-likeness (QED) is 0.779. The molecular weight excluding hydrogens is 268 g/mol. The fourth-order valence-corrected chi connectivity index (χ4v) is 1.72. The van der Waals surface area contributed by atoms with E-state index >= 15 is 0 Å². The van der Waals surface area contributed by atoms with Crippen LogP contribution in [0.15, 0.2) is 24.5 Å². The first kappa shape index (κ1) is 13.2. The summed E-state index contributed by atoms with van der Waals surface area (Å²) in [5, 5.41) is 0. The Morgan fingerprint density at radius 3 is 2.56 bits per heavy atom. The van der Waals surface area contributed by atoms with Crippen molar-refractivity contribution in [3.63, 3.8) is 0 Å². The summed E-state index contributed by atoms with van der Waals surface area (Å²) in [6.45, 7) is 5.37. The first-order chi connectivity index (χ1) is 7.69. The summed E-state index contributed by atoms with van der Waals surface area (Å²) in [7, 11) is 0. The molecular formula is C12H17BrN2O. The maximum atomic E-state index is 12.0. The van der Waals surface area contributed by atoms with Crippen molar-refractivity contribution in [2.45, 2.75) is 31.6 Å². The molecule has 4 heteroatoms. The molecule has 0 aliphatic carbocycles. The van der Waals surface area contributed by atoms with Crippen LogP contribution in [-0.2, 0) is 11.3 Å². The van der Waals surface area contributed by atoms with E-state index in [1.54, 1.807) is 12.4 Å². The molecule has 88 valence electrons. The predicted molar refractivity (Wildman–Crippen MR) is 68.3 cm³/mol. The molecule has 1 amide bonds. The van der Waals surface area contributed by atoms with Crippen LogP contribution >= 0.6 is 15.9 Å². The van der Waals surface area contributed by atoms with E-state index in [1.807, 2.05) is 30.9 Å². The number of pyridine rings is 1. The van der Waals surface area contributed by atoms with E-state index in [0.29, 0.717) is 6.54 Å². The van der Waals surface area contributed by atoms with Crippen molar-refractivity contribution in [2.75, 3.05) is 6.54 Å². The van der Waals surface area contributed by atoms with Crippen LogP contribution in [0.3, 0.4) is 0 Å². The van der Waals surface area contributed by atoms with Gasteiger partial charge in [-0.05, 0) is 31.0 Å². The SMILES string of the molecule is CCC(Br)C(=O)N(CC)Cc1ccncc1. The van der Waals surface area contributed by atoms with Crippen LogP contribution in [0.1, 0.15) is 25.8 Å². The lowest BCUT2D eigenvalue weighted by atomic mass is 10.2. The molecule has 1 aromatic heterocycles. The van der Waals surface area contributed by atoms with Crippen LogP contribution in [0.5, 0.6) is 0 Å². The molecule has 0 spiro atoms. The first-order valence-corrected chi connectivity index (χ1v) is 6.42. The highest BCUT2D eigenvalue weighted by Crippen LogP contribution is 2.11. The molecule has 0 bridgehead atoms. The largest absolute Gasteiger partial charge is 0.338 e. The van der Waals surface area contributed by atoms with Gasteiger partial charge < -0.3 is 4.90 Å². The van der Waals surface area contributed by atoms with Gasteiger partial charge in [-0.3, -0.25) is 9.78 Å². The molecule has 0 saturated heterocycles. The maximum Gasteiger partial charge on any atom is 0.236 e. The number of rotatable bonds is 5. The van der Waals surface area contributed by atoms with Crippen molar-refractivity contribution in [3.8, 4) is 0 Å². The van der Waals surface area contributed by atoms with E-state index in [9.17, 15) is 4.79 Å². The summed E-state index contributed by atoms with van der Waals surface area (Å²) in [6, 6.07) is 3.87. The van der Waals surface area contributed by atoms with Gasteiger partial charge in [-0.1, -0.05) is 22.9 Å². The molecule has 0 aliphatic heterocycles. The smallest absolute Gasteiger partial charge is 0.236 e. The van der Waals surface area contributed by atoms with Gasteiger partial charge in [0, 0.05) is 25.5 Å². The third-order valence-electron chi connectivity index (χ3n) is 2.44. The fraction of sp³-hybridized carbons (Fsp3) is 0.500. The van der Waals surface area contributed by atoms with Crippen LogP contribution in [-0.4, -0.2) is 27.2 Å². The van der Waals surface area contributed by atoms with Crippen molar-refractivity contribution in [2.24, 2.45) is 0 Å². The zero-order valence-electron chi connectivity index (χ0n) is 9.69. The molecule has 1 heterocycles. The lowest BCUT2D eigenvalue weighted by Crippen LogP contribution is -2.35. The van der Waals surface area contributed by atoms with Gasteiger partial charge >= 0.3 is 0 Å². The second-order valence-electron chi connectivity index (χ2n) is 3.58. The Hall–Kier alpha value is -0.900. The van der Waals surface area contributed by atoms with Crippen LogP contribution in [0.4, 0.5) is 0 Å². The van der Waals surface area contributed by atoms with Crippen molar-refractivity contribution in [3.05, 3.63) is 30.1 Å². The average Bonchev–Trinajstić information content (AvgIpc) is 2.35. The Bertz CT molecular complexity index is 329. The Labute approximate surface area is 105 Å². The number of hydrogen-bond donors (Lipinski definition) is 0. The average molecular weight is 285 g/mol. The van der Waals surface area contributed by atoms with Gasteiger partial charge in [-0.15, -0.1) is 0 Å². The van der Waals surface area contributed by atoms with E-state index in [-0.39, 0.29) is 10.7 Å². The maximum absolute atomic E-state index is 12.0. The fourth-order valence-electron chi connectivity index (χ4n) is 1.43. The minimum Gasteiger partial charge on any atom is -0.338 e. The van der Waals surface area contributed by atoms with Gasteiger partial charge in [0.15, 0.2) is 0 Å². The van der Waals surface area contributed by atoms with Crippen molar-refractivity contribution < 1.29 is 4.79 Å². The molecule has 1 rings (SSSR count). The van der Waals surface area contributed by atoms with Gasteiger partial charge in [0.1, 0.15) is 0 Å². The standard InChI is InChI=1S/C12H17BrN2O/c1-3-11(13)12(16)15(4-2)9-10-5-7-14-8-6-10/h5-8,11H,3-4,9H2,1-2H3. The Morgan fingerprint density at radius 2 is 2.06 bits per heavy atom. The molecule has 0 aromatic carbocycles. The molecule has 0 fully saturated rings. The summed E-state index contributed by atoms with van der Waals surface area (Å²) in [6.07, 6.45) is 4.31. The summed E-state index contributed by atoms with van der Waals surface area (Å²) < 4.78 is 0. The number of carbonyl (C=O) groups excluding carboxylic acids is 1. The van der Waals surface area contributed by atoms with Gasteiger partial charge in [0.2, 0.25) is 5.91 Å². The molecule has 0 radical (unpaired) electrons. The summed E-state index contributed by atoms with van der Waals surface area (Å²) in [5.74, 6) is 0.154. The second-order valence-corrected chi connectivity index (χ2v) is 4.69. The highest BCUT2D eigenvalue weighted by Gasteiger charge is 2.18. The Kier molecular flexibility index (Phi) is 5.46. The topological polar surface area (TPSA) is 33.2 Å². The van der Waals surface area contributed by atoms with Gasteiger partial charge in [0.05, 0.1) is 4.83 Å². The van der Waals surface area contributed by atoms with Crippen molar-refractivity contribution in [1.29, 1.82) is 0 Å². The van der Waals surface area contributed by atoms with Crippen LogP contribution < -0.4 is 0 Å². The van der Waals surface area contributed by atoms with Gasteiger partial charge in [-0.25, -0.2) is 0 Å². The Morgan fingerprint density at radius 1 is 1.44 bits per heavy atom. The molecule has 0 saturated carbocycles. The lowest BCUT2D eigenvalue weighted by molar-refractivity contribution is -0.130. The lowest BCUT2D eigenvalue weighted by Gasteiger charge is -2.23. The number of hydrogen-bond acceptors (Lipinski definition) is 2. The molecule has 1 atom stereocenters. The predicted octanol–water partition coefficient (Wildman–Crippen LogP) is 2.60. The molecule has 1 unspecified atom stereocenters. The highest BCUT2D eigenvalue weighted by atomic mass is 79.9.